The van der Waals surface area contributed by atoms with E-state index in [1.54, 1.807) is 6.33 Å². The van der Waals surface area contributed by atoms with Crippen LogP contribution in [-0.4, -0.2) is 29.0 Å². The summed E-state index contributed by atoms with van der Waals surface area (Å²) >= 11 is 0. The second-order valence-corrected chi connectivity index (χ2v) is 5.06. The van der Waals surface area contributed by atoms with E-state index >= 15 is 0 Å². The average Bonchev–Trinajstić information content (AvgIpc) is 2.55. The lowest BCUT2D eigenvalue weighted by Crippen LogP contribution is -2.25. The Hall–Kier alpha value is -2.43. The standard InChI is InChI=1S/C17H22N4O/c1-4-7-10-21(6-3)17-14-9-8-13(20-16(22)5-2)11-15(14)18-12-19-17/h5,8-9,11-12H,2,4,6-7,10H2,1,3H3,(H,20,22). The van der Waals surface area contributed by atoms with E-state index in [1.807, 2.05) is 18.2 Å². The highest BCUT2D eigenvalue weighted by molar-refractivity contribution is 6.01. The van der Waals surface area contributed by atoms with Crippen LogP contribution in [-0.2, 0) is 4.79 Å². The minimum absolute atomic E-state index is 0.230. The van der Waals surface area contributed by atoms with Gasteiger partial charge in [0, 0.05) is 24.2 Å². The van der Waals surface area contributed by atoms with Crippen LogP contribution in [0.1, 0.15) is 26.7 Å². The third kappa shape index (κ3) is 3.61. The molecule has 1 heterocycles. The van der Waals surface area contributed by atoms with E-state index in [4.69, 9.17) is 0 Å². The number of carbonyl (C=O) groups is 1. The van der Waals surface area contributed by atoms with Gasteiger partial charge < -0.3 is 10.2 Å². The smallest absolute Gasteiger partial charge is 0.247 e. The molecule has 0 saturated heterocycles. The van der Waals surface area contributed by atoms with Gasteiger partial charge in [-0.1, -0.05) is 19.9 Å². The average molecular weight is 298 g/mol. The van der Waals surface area contributed by atoms with Crippen molar-refractivity contribution in [3.05, 3.63) is 37.2 Å². The Kier molecular flexibility index (Phi) is 5.47. The molecule has 22 heavy (non-hydrogen) atoms. The van der Waals surface area contributed by atoms with Crippen molar-refractivity contribution in [2.24, 2.45) is 0 Å². The first kappa shape index (κ1) is 15.9. The fourth-order valence-corrected chi connectivity index (χ4v) is 2.33. The molecule has 1 N–H and O–H groups in total. The largest absolute Gasteiger partial charge is 0.356 e. The maximum atomic E-state index is 11.4. The molecule has 1 aromatic carbocycles. The Morgan fingerprint density at radius 1 is 1.36 bits per heavy atom. The number of nitrogens with one attached hydrogen (secondary N) is 1. The second kappa shape index (κ2) is 7.54. The molecule has 0 fully saturated rings. The summed E-state index contributed by atoms with van der Waals surface area (Å²) in [6, 6.07) is 5.68. The molecule has 1 amide bonds. The van der Waals surface area contributed by atoms with Gasteiger partial charge in [-0.2, -0.15) is 0 Å². The van der Waals surface area contributed by atoms with Crippen LogP contribution < -0.4 is 10.2 Å². The van der Waals surface area contributed by atoms with E-state index in [1.165, 1.54) is 6.08 Å². The summed E-state index contributed by atoms with van der Waals surface area (Å²) in [4.78, 5) is 22.4. The summed E-state index contributed by atoms with van der Waals surface area (Å²) in [5, 5.41) is 3.75. The molecule has 5 nitrogen and oxygen atoms in total. The third-order valence-corrected chi connectivity index (χ3v) is 3.53. The number of hydrogen-bond donors (Lipinski definition) is 1. The minimum Gasteiger partial charge on any atom is -0.356 e. The fraction of sp³-hybridized carbons (Fsp3) is 0.353. The van der Waals surface area contributed by atoms with Gasteiger partial charge in [0.25, 0.3) is 0 Å². The number of aromatic nitrogens is 2. The second-order valence-electron chi connectivity index (χ2n) is 5.06. The number of amides is 1. The number of fused-ring (bicyclic) bond motifs is 1. The van der Waals surface area contributed by atoms with E-state index in [0.29, 0.717) is 5.69 Å². The highest BCUT2D eigenvalue weighted by Crippen LogP contribution is 2.25. The Balaban J connectivity index is 2.36. The van der Waals surface area contributed by atoms with Gasteiger partial charge in [0.1, 0.15) is 12.1 Å². The van der Waals surface area contributed by atoms with E-state index in [0.717, 1.165) is 42.7 Å². The zero-order chi connectivity index (χ0) is 15.9. The van der Waals surface area contributed by atoms with E-state index < -0.39 is 0 Å². The predicted octanol–water partition coefficient (Wildman–Crippen LogP) is 3.38. The quantitative estimate of drug-likeness (QED) is 0.796. The molecule has 0 radical (unpaired) electrons. The molecular formula is C17H22N4O. The first-order chi connectivity index (χ1) is 10.7. The van der Waals surface area contributed by atoms with Crippen molar-refractivity contribution < 1.29 is 4.79 Å². The first-order valence-electron chi connectivity index (χ1n) is 7.62. The molecule has 116 valence electrons. The number of hydrogen-bond acceptors (Lipinski definition) is 4. The van der Waals surface area contributed by atoms with E-state index in [-0.39, 0.29) is 5.91 Å². The highest BCUT2D eigenvalue weighted by atomic mass is 16.1. The van der Waals surface area contributed by atoms with Crippen LogP contribution in [0.15, 0.2) is 37.2 Å². The topological polar surface area (TPSA) is 58.1 Å². The monoisotopic (exact) mass is 298 g/mol. The Bertz CT molecular complexity index is 669. The molecule has 2 rings (SSSR count). The molecule has 0 aliphatic carbocycles. The maximum absolute atomic E-state index is 11.4. The Labute approximate surface area is 131 Å². The van der Waals surface area contributed by atoms with Crippen molar-refractivity contribution >= 4 is 28.3 Å². The van der Waals surface area contributed by atoms with Crippen LogP contribution >= 0.6 is 0 Å². The summed E-state index contributed by atoms with van der Waals surface area (Å²) in [5.74, 6) is 0.717. The minimum atomic E-state index is -0.230. The molecule has 0 aliphatic heterocycles. The summed E-state index contributed by atoms with van der Waals surface area (Å²) in [5.41, 5.74) is 1.53. The predicted molar refractivity (Wildman–Crippen MR) is 91.2 cm³/mol. The van der Waals surface area contributed by atoms with Gasteiger partial charge in [0.15, 0.2) is 0 Å². The molecule has 2 aromatic rings. The zero-order valence-electron chi connectivity index (χ0n) is 13.2. The summed E-state index contributed by atoms with van der Waals surface area (Å²) in [6.07, 6.45) is 5.11. The number of unbranched alkanes of at least 4 members (excludes halogenated alkanes) is 1. The Morgan fingerprint density at radius 3 is 2.86 bits per heavy atom. The molecule has 0 atom stereocenters. The number of benzene rings is 1. The van der Waals surface area contributed by atoms with Crippen LogP contribution in [0, 0.1) is 0 Å². The molecule has 0 saturated carbocycles. The maximum Gasteiger partial charge on any atom is 0.247 e. The molecule has 0 unspecified atom stereocenters. The zero-order valence-corrected chi connectivity index (χ0v) is 13.2. The van der Waals surface area contributed by atoms with Crippen molar-refractivity contribution in [1.29, 1.82) is 0 Å². The van der Waals surface area contributed by atoms with E-state index in [2.05, 4.69) is 40.6 Å². The highest BCUT2D eigenvalue weighted by Gasteiger charge is 2.11. The lowest BCUT2D eigenvalue weighted by atomic mass is 10.2. The van der Waals surface area contributed by atoms with Gasteiger partial charge in [0.2, 0.25) is 5.91 Å². The van der Waals surface area contributed by atoms with Gasteiger partial charge >= 0.3 is 0 Å². The van der Waals surface area contributed by atoms with Crippen molar-refractivity contribution in [2.75, 3.05) is 23.3 Å². The van der Waals surface area contributed by atoms with Gasteiger partial charge in [-0.05, 0) is 37.6 Å². The Morgan fingerprint density at radius 2 is 2.18 bits per heavy atom. The number of rotatable bonds is 7. The third-order valence-electron chi connectivity index (χ3n) is 3.53. The van der Waals surface area contributed by atoms with E-state index in [9.17, 15) is 4.79 Å². The molecule has 0 bridgehead atoms. The van der Waals surface area contributed by atoms with Gasteiger partial charge in [0.05, 0.1) is 5.52 Å². The summed E-state index contributed by atoms with van der Waals surface area (Å²) < 4.78 is 0. The molecule has 0 aliphatic rings. The fourth-order valence-electron chi connectivity index (χ4n) is 2.33. The summed E-state index contributed by atoms with van der Waals surface area (Å²) in [7, 11) is 0. The van der Waals surface area contributed by atoms with Gasteiger partial charge in [-0.25, -0.2) is 9.97 Å². The number of nitrogens with zero attached hydrogens (tertiary/aromatic N) is 3. The SMILES string of the molecule is C=CC(=O)Nc1ccc2c(N(CC)CCCC)ncnc2c1. The number of anilines is 2. The molecule has 1 aromatic heterocycles. The van der Waals surface area contributed by atoms with Crippen molar-refractivity contribution in [1.82, 2.24) is 9.97 Å². The molecule has 0 spiro atoms. The number of carbonyl (C=O) groups excluding carboxylic acids is 1. The molecule has 5 heteroatoms. The van der Waals surface area contributed by atoms with Crippen molar-refractivity contribution in [2.45, 2.75) is 26.7 Å². The van der Waals surface area contributed by atoms with Crippen LogP contribution in [0.2, 0.25) is 0 Å². The lowest BCUT2D eigenvalue weighted by Gasteiger charge is -2.23. The van der Waals surface area contributed by atoms with Crippen molar-refractivity contribution in [3.63, 3.8) is 0 Å². The van der Waals surface area contributed by atoms with Crippen LogP contribution in [0.5, 0.6) is 0 Å². The van der Waals surface area contributed by atoms with Crippen LogP contribution in [0.25, 0.3) is 10.9 Å². The van der Waals surface area contributed by atoms with Gasteiger partial charge in [-0.15, -0.1) is 0 Å². The van der Waals surface area contributed by atoms with Crippen LogP contribution in [0.3, 0.4) is 0 Å². The van der Waals surface area contributed by atoms with Crippen LogP contribution in [0.4, 0.5) is 11.5 Å². The van der Waals surface area contributed by atoms with Crippen molar-refractivity contribution in [3.8, 4) is 0 Å². The summed E-state index contributed by atoms with van der Waals surface area (Å²) in [6.45, 7) is 9.64. The molecular weight excluding hydrogens is 276 g/mol. The first-order valence-corrected chi connectivity index (χ1v) is 7.62. The van der Waals surface area contributed by atoms with Gasteiger partial charge in [-0.3, -0.25) is 4.79 Å². The lowest BCUT2D eigenvalue weighted by molar-refractivity contribution is -0.111. The normalized spacial score (nSPS) is 10.5.